The average molecular weight is 422 g/mol. The molecule has 2 N–H and O–H groups in total. The summed E-state index contributed by atoms with van der Waals surface area (Å²) in [5, 5.41) is 0. The highest BCUT2D eigenvalue weighted by atomic mass is 35.5. The van der Waals surface area contributed by atoms with Gasteiger partial charge in [0.2, 0.25) is 10.0 Å². The van der Waals surface area contributed by atoms with Crippen LogP contribution in [0.2, 0.25) is 0 Å². The summed E-state index contributed by atoms with van der Waals surface area (Å²) >= 11 is 0. The molecule has 1 aliphatic heterocycles. The van der Waals surface area contributed by atoms with Crippen molar-refractivity contribution in [1.29, 1.82) is 0 Å². The van der Waals surface area contributed by atoms with Crippen molar-refractivity contribution in [3.63, 3.8) is 0 Å². The minimum atomic E-state index is -3.52. The maximum absolute atomic E-state index is 13.0. The Morgan fingerprint density at radius 2 is 1.54 bits per heavy atom. The molecule has 0 bridgehead atoms. The molecule has 8 heteroatoms. The van der Waals surface area contributed by atoms with Gasteiger partial charge < -0.3 is 10.6 Å². The molecule has 6 nitrogen and oxygen atoms in total. The molecule has 0 spiro atoms. The highest BCUT2D eigenvalue weighted by Gasteiger charge is 2.31. The molecule has 1 aliphatic carbocycles. The van der Waals surface area contributed by atoms with Crippen LogP contribution in [0.4, 0.5) is 5.69 Å². The molecule has 1 heterocycles. The van der Waals surface area contributed by atoms with Crippen molar-refractivity contribution in [3.05, 3.63) is 59.2 Å². The van der Waals surface area contributed by atoms with E-state index in [9.17, 15) is 13.2 Å². The molecule has 4 rings (SSSR count). The molecular weight excluding hydrogens is 398 g/mol. The van der Waals surface area contributed by atoms with E-state index in [-0.39, 0.29) is 18.3 Å². The number of hydrogen-bond donors (Lipinski definition) is 1. The summed E-state index contributed by atoms with van der Waals surface area (Å²) in [6.45, 7) is 1.38. The fraction of sp³-hybridized carbons (Fsp3) is 0.350. The largest absolute Gasteiger partial charge is 0.399 e. The zero-order chi connectivity index (χ0) is 19.0. The number of nitrogen functional groups attached to an aromatic ring is 1. The summed E-state index contributed by atoms with van der Waals surface area (Å²) in [6, 6.07) is 12.3. The van der Waals surface area contributed by atoms with E-state index >= 15 is 0 Å². The van der Waals surface area contributed by atoms with Crippen molar-refractivity contribution in [2.24, 2.45) is 0 Å². The Labute approximate surface area is 171 Å². The fourth-order valence-electron chi connectivity index (χ4n) is 3.80. The van der Waals surface area contributed by atoms with Gasteiger partial charge in [-0.05, 0) is 66.8 Å². The van der Waals surface area contributed by atoms with Crippen molar-refractivity contribution < 1.29 is 13.2 Å². The number of piperazine rings is 1. The quantitative estimate of drug-likeness (QED) is 0.771. The lowest BCUT2D eigenvalue weighted by Crippen LogP contribution is -2.50. The molecule has 2 aliphatic rings. The van der Waals surface area contributed by atoms with E-state index < -0.39 is 10.0 Å². The van der Waals surface area contributed by atoms with Crippen molar-refractivity contribution in [1.82, 2.24) is 9.21 Å². The van der Waals surface area contributed by atoms with Gasteiger partial charge in [0.25, 0.3) is 5.91 Å². The number of sulfonamides is 1. The predicted molar refractivity (Wildman–Crippen MR) is 111 cm³/mol. The molecule has 1 saturated heterocycles. The molecule has 0 saturated carbocycles. The number of aryl methyl sites for hydroxylation is 2. The van der Waals surface area contributed by atoms with E-state index in [0.717, 1.165) is 24.8 Å². The van der Waals surface area contributed by atoms with Crippen LogP contribution in [0.5, 0.6) is 0 Å². The minimum absolute atomic E-state index is 0. The molecule has 0 aromatic heterocycles. The summed E-state index contributed by atoms with van der Waals surface area (Å²) in [4.78, 5) is 14.6. The lowest BCUT2D eigenvalue weighted by atomic mass is 10.1. The monoisotopic (exact) mass is 421 g/mol. The number of benzene rings is 2. The Hall–Kier alpha value is -2.09. The zero-order valence-corrected chi connectivity index (χ0v) is 17.1. The van der Waals surface area contributed by atoms with Gasteiger partial charge in [-0.1, -0.05) is 6.07 Å². The normalized spacial score (nSPS) is 17.1. The molecule has 2 aromatic rings. The van der Waals surface area contributed by atoms with Crippen LogP contribution in [-0.4, -0.2) is 49.7 Å². The average Bonchev–Trinajstić information content (AvgIpc) is 3.16. The summed E-state index contributed by atoms with van der Waals surface area (Å²) in [5.41, 5.74) is 9.24. The van der Waals surface area contributed by atoms with E-state index in [1.54, 1.807) is 35.2 Å². The molecule has 0 atom stereocenters. The zero-order valence-electron chi connectivity index (χ0n) is 15.5. The van der Waals surface area contributed by atoms with Gasteiger partial charge in [-0.2, -0.15) is 4.31 Å². The Balaban J connectivity index is 0.00000225. The topological polar surface area (TPSA) is 83.7 Å². The maximum Gasteiger partial charge on any atom is 0.253 e. The van der Waals surface area contributed by atoms with Crippen LogP contribution in [0, 0.1) is 0 Å². The lowest BCUT2D eigenvalue weighted by Gasteiger charge is -2.34. The number of nitrogens with two attached hydrogens (primary N) is 1. The van der Waals surface area contributed by atoms with Gasteiger partial charge in [0.15, 0.2) is 0 Å². The van der Waals surface area contributed by atoms with E-state index in [0.29, 0.717) is 42.3 Å². The van der Waals surface area contributed by atoms with Gasteiger partial charge in [0, 0.05) is 37.4 Å². The molecule has 2 aromatic carbocycles. The molecule has 1 fully saturated rings. The first-order chi connectivity index (χ1) is 12.9. The van der Waals surface area contributed by atoms with Gasteiger partial charge >= 0.3 is 0 Å². The van der Waals surface area contributed by atoms with Gasteiger partial charge in [0.1, 0.15) is 0 Å². The second-order valence-electron chi connectivity index (χ2n) is 7.10. The number of anilines is 1. The standard InChI is InChI=1S/C20H23N3O3S.ClH/c21-18-7-4-16(5-8-18)20(24)22-10-12-23(13-11-22)27(25,26)19-9-6-15-2-1-3-17(15)14-19;/h4-9,14H,1-3,10-13,21H2;1H. The number of carbonyl (C=O) groups excluding carboxylic acids is 1. The summed E-state index contributed by atoms with van der Waals surface area (Å²) in [6.07, 6.45) is 3.06. The first kappa shape index (κ1) is 20.6. The van der Waals surface area contributed by atoms with E-state index in [4.69, 9.17) is 5.73 Å². The van der Waals surface area contributed by atoms with Crippen molar-refractivity contribution >= 4 is 34.0 Å². The Bertz CT molecular complexity index is 969. The van der Waals surface area contributed by atoms with Crippen LogP contribution in [-0.2, 0) is 22.9 Å². The number of fused-ring (bicyclic) bond motifs is 1. The van der Waals surface area contributed by atoms with Gasteiger partial charge in [-0.15, -0.1) is 12.4 Å². The number of hydrogen-bond acceptors (Lipinski definition) is 4. The molecular formula is C20H24ClN3O3S. The number of nitrogens with zero attached hydrogens (tertiary/aromatic N) is 2. The number of amides is 1. The Morgan fingerprint density at radius 1 is 0.893 bits per heavy atom. The third-order valence-electron chi connectivity index (χ3n) is 5.39. The smallest absolute Gasteiger partial charge is 0.253 e. The lowest BCUT2D eigenvalue weighted by molar-refractivity contribution is 0.0698. The highest BCUT2D eigenvalue weighted by Crippen LogP contribution is 2.27. The number of carbonyl (C=O) groups is 1. The van der Waals surface area contributed by atoms with Gasteiger partial charge in [-0.25, -0.2) is 8.42 Å². The van der Waals surface area contributed by atoms with Crippen LogP contribution in [0.3, 0.4) is 0 Å². The predicted octanol–water partition coefficient (Wildman–Crippen LogP) is 2.33. The van der Waals surface area contributed by atoms with E-state index in [2.05, 4.69) is 0 Å². The van der Waals surface area contributed by atoms with Crippen LogP contribution in [0.1, 0.15) is 27.9 Å². The van der Waals surface area contributed by atoms with Gasteiger partial charge in [-0.3, -0.25) is 4.79 Å². The molecule has 0 unspecified atom stereocenters. The second kappa shape index (κ2) is 8.11. The molecule has 28 heavy (non-hydrogen) atoms. The van der Waals surface area contributed by atoms with Crippen molar-refractivity contribution in [3.8, 4) is 0 Å². The number of rotatable bonds is 3. The maximum atomic E-state index is 13.0. The first-order valence-electron chi connectivity index (χ1n) is 9.22. The van der Waals surface area contributed by atoms with E-state index in [1.165, 1.54) is 9.87 Å². The third-order valence-corrected chi connectivity index (χ3v) is 7.29. The van der Waals surface area contributed by atoms with Crippen LogP contribution in [0.15, 0.2) is 47.4 Å². The fourth-order valence-corrected chi connectivity index (χ4v) is 5.27. The molecule has 150 valence electrons. The summed E-state index contributed by atoms with van der Waals surface area (Å²) in [5.74, 6) is -0.0930. The number of halogens is 1. The Morgan fingerprint density at radius 3 is 2.21 bits per heavy atom. The second-order valence-corrected chi connectivity index (χ2v) is 9.04. The van der Waals surface area contributed by atoms with E-state index in [1.807, 2.05) is 12.1 Å². The summed E-state index contributed by atoms with van der Waals surface area (Å²) < 4.78 is 27.4. The Kier molecular flexibility index (Phi) is 5.98. The third kappa shape index (κ3) is 3.87. The minimum Gasteiger partial charge on any atom is -0.399 e. The first-order valence-corrected chi connectivity index (χ1v) is 10.7. The van der Waals surface area contributed by atoms with Crippen LogP contribution in [0.25, 0.3) is 0 Å². The van der Waals surface area contributed by atoms with Crippen LogP contribution >= 0.6 is 12.4 Å². The highest BCUT2D eigenvalue weighted by molar-refractivity contribution is 7.89. The molecule has 1 amide bonds. The van der Waals surface area contributed by atoms with Crippen LogP contribution < -0.4 is 5.73 Å². The van der Waals surface area contributed by atoms with Crippen molar-refractivity contribution in [2.45, 2.75) is 24.2 Å². The van der Waals surface area contributed by atoms with Crippen molar-refractivity contribution in [2.75, 3.05) is 31.9 Å². The summed E-state index contributed by atoms with van der Waals surface area (Å²) in [7, 11) is -3.52. The SMILES string of the molecule is Cl.Nc1ccc(C(=O)N2CCN(S(=O)(=O)c3ccc4c(c3)CCC4)CC2)cc1. The van der Waals surface area contributed by atoms with Gasteiger partial charge in [0.05, 0.1) is 4.90 Å². The molecule has 0 radical (unpaired) electrons.